The van der Waals surface area contributed by atoms with Crippen molar-refractivity contribution in [3.05, 3.63) is 63.9 Å². The van der Waals surface area contributed by atoms with E-state index in [1.807, 2.05) is 18.2 Å². The van der Waals surface area contributed by atoms with Crippen molar-refractivity contribution in [2.45, 2.75) is 71.0 Å². The summed E-state index contributed by atoms with van der Waals surface area (Å²) in [6, 6.07) is 11.4. The summed E-state index contributed by atoms with van der Waals surface area (Å²) in [6.07, 6.45) is 4.08. The standard InChI is InChI=1S/C26H32BrFN2O3/c1-17(2)19-12-13-24(22(27)14-19)33-16-25(31)30(15-20-8-4-7-11-23(20)28)18(3)26(32)29-21-9-5-6-10-21/h4,7-8,11-14,17-18,21H,5-6,9-10,15-16H2,1-3H3,(H,29,32)/t18-/m1/s1. The monoisotopic (exact) mass is 518 g/mol. The van der Waals surface area contributed by atoms with E-state index in [-0.39, 0.29) is 31.0 Å². The minimum atomic E-state index is -0.756. The Bertz CT molecular complexity index is 976. The van der Waals surface area contributed by atoms with Crippen LogP contribution in [0.5, 0.6) is 5.75 Å². The summed E-state index contributed by atoms with van der Waals surface area (Å²) in [7, 11) is 0. The van der Waals surface area contributed by atoms with Crippen LogP contribution in [0, 0.1) is 5.82 Å². The quantitative estimate of drug-likeness (QED) is 0.472. The van der Waals surface area contributed by atoms with Gasteiger partial charge in [-0.1, -0.05) is 51.0 Å². The van der Waals surface area contributed by atoms with Crippen LogP contribution in [0.15, 0.2) is 46.9 Å². The van der Waals surface area contributed by atoms with Crippen molar-refractivity contribution >= 4 is 27.7 Å². The lowest BCUT2D eigenvalue weighted by Gasteiger charge is -2.30. The largest absolute Gasteiger partial charge is 0.483 e. The van der Waals surface area contributed by atoms with Crippen molar-refractivity contribution in [1.82, 2.24) is 10.2 Å². The van der Waals surface area contributed by atoms with Crippen LogP contribution < -0.4 is 10.1 Å². The summed E-state index contributed by atoms with van der Waals surface area (Å²) in [4.78, 5) is 27.5. The van der Waals surface area contributed by atoms with Gasteiger partial charge < -0.3 is 15.0 Å². The lowest BCUT2D eigenvalue weighted by atomic mass is 10.0. The molecule has 1 atom stereocenters. The van der Waals surface area contributed by atoms with Crippen molar-refractivity contribution in [3.8, 4) is 5.75 Å². The van der Waals surface area contributed by atoms with Gasteiger partial charge in [0.1, 0.15) is 17.6 Å². The molecule has 0 heterocycles. The van der Waals surface area contributed by atoms with Crippen LogP contribution in [0.1, 0.15) is 63.5 Å². The lowest BCUT2D eigenvalue weighted by Crippen LogP contribution is -2.50. The summed E-state index contributed by atoms with van der Waals surface area (Å²) in [6.45, 7) is 5.61. The van der Waals surface area contributed by atoms with Gasteiger partial charge in [0, 0.05) is 18.2 Å². The third-order valence-electron chi connectivity index (χ3n) is 6.14. The van der Waals surface area contributed by atoms with Crippen molar-refractivity contribution in [2.24, 2.45) is 0 Å². The molecule has 178 valence electrons. The van der Waals surface area contributed by atoms with E-state index in [2.05, 4.69) is 35.1 Å². The number of hydrogen-bond acceptors (Lipinski definition) is 3. The number of benzene rings is 2. The Balaban J connectivity index is 1.73. The maximum atomic E-state index is 14.3. The zero-order valence-corrected chi connectivity index (χ0v) is 21.0. The molecular weight excluding hydrogens is 487 g/mol. The number of nitrogens with zero attached hydrogens (tertiary/aromatic N) is 1. The Hall–Kier alpha value is -2.41. The maximum absolute atomic E-state index is 14.3. The second-order valence-electron chi connectivity index (χ2n) is 8.91. The smallest absolute Gasteiger partial charge is 0.261 e. The van der Waals surface area contributed by atoms with Crippen LogP contribution in [0.2, 0.25) is 0 Å². The number of rotatable bonds is 9. The number of halogens is 2. The average molecular weight is 519 g/mol. The molecular formula is C26H32BrFN2O3. The zero-order chi connectivity index (χ0) is 24.0. The van der Waals surface area contributed by atoms with Crippen molar-refractivity contribution in [3.63, 3.8) is 0 Å². The van der Waals surface area contributed by atoms with E-state index in [9.17, 15) is 14.0 Å². The van der Waals surface area contributed by atoms with Crippen LogP contribution in [0.25, 0.3) is 0 Å². The first-order valence-corrected chi connectivity index (χ1v) is 12.3. The number of hydrogen-bond donors (Lipinski definition) is 1. The molecule has 1 N–H and O–H groups in total. The van der Waals surface area contributed by atoms with Gasteiger partial charge in [0.05, 0.1) is 4.47 Å². The Labute approximate surface area is 203 Å². The molecule has 0 aliphatic heterocycles. The van der Waals surface area contributed by atoms with Gasteiger partial charge in [0.15, 0.2) is 6.61 Å². The average Bonchev–Trinajstić information content (AvgIpc) is 3.30. The molecule has 0 spiro atoms. The SMILES string of the molecule is CC(C)c1ccc(OCC(=O)N(Cc2ccccc2F)[C@H](C)C(=O)NC2CCCC2)c(Br)c1. The fourth-order valence-electron chi connectivity index (χ4n) is 4.00. The van der Waals surface area contributed by atoms with Crippen molar-refractivity contribution in [2.75, 3.05) is 6.61 Å². The first kappa shape index (κ1) is 25.2. The molecule has 0 radical (unpaired) electrons. The molecule has 1 aliphatic rings. The molecule has 2 aromatic carbocycles. The number of amides is 2. The highest BCUT2D eigenvalue weighted by Crippen LogP contribution is 2.29. The minimum absolute atomic E-state index is 0.0123. The second kappa shape index (κ2) is 11.6. The molecule has 1 saturated carbocycles. The molecule has 2 aromatic rings. The zero-order valence-electron chi connectivity index (χ0n) is 19.4. The van der Waals surface area contributed by atoms with Gasteiger partial charge in [-0.05, 0) is 65.4 Å². The van der Waals surface area contributed by atoms with E-state index in [1.54, 1.807) is 25.1 Å². The molecule has 0 saturated heterocycles. The summed E-state index contributed by atoms with van der Waals surface area (Å²) in [5.74, 6) is -0.109. The van der Waals surface area contributed by atoms with Crippen LogP contribution in [-0.4, -0.2) is 35.4 Å². The molecule has 7 heteroatoms. The topological polar surface area (TPSA) is 58.6 Å². The molecule has 5 nitrogen and oxygen atoms in total. The maximum Gasteiger partial charge on any atom is 0.261 e. The molecule has 0 unspecified atom stereocenters. The van der Waals surface area contributed by atoms with Gasteiger partial charge in [0.25, 0.3) is 5.91 Å². The Morgan fingerprint density at radius 2 is 1.85 bits per heavy atom. The summed E-state index contributed by atoms with van der Waals surface area (Å²) < 4.78 is 20.9. The van der Waals surface area contributed by atoms with Crippen LogP contribution in [0.4, 0.5) is 4.39 Å². The summed E-state index contributed by atoms with van der Waals surface area (Å²) >= 11 is 3.50. The second-order valence-corrected chi connectivity index (χ2v) is 9.77. The third-order valence-corrected chi connectivity index (χ3v) is 6.76. The Kier molecular flexibility index (Phi) is 8.89. The van der Waals surface area contributed by atoms with Gasteiger partial charge in [-0.15, -0.1) is 0 Å². The van der Waals surface area contributed by atoms with Gasteiger partial charge in [0.2, 0.25) is 5.91 Å². The number of nitrogens with one attached hydrogen (secondary N) is 1. The molecule has 2 amide bonds. The molecule has 0 bridgehead atoms. The summed E-state index contributed by atoms with van der Waals surface area (Å²) in [5, 5.41) is 3.04. The van der Waals surface area contributed by atoms with Crippen LogP contribution >= 0.6 is 15.9 Å². The van der Waals surface area contributed by atoms with E-state index < -0.39 is 11.9 Å². The van der Waals surface area contributed by atoms with E-state index in [1.165, 1.54) is 11.0 Å². The Morgan fingerprint density at radius 1 is 1.15 bits per heavy atom. The predicted octanol–water partition coefficient (Wildman–Crippen LogP) is 5.57. The van der Waals surface area contributed by atoms with Crippen molar-refractivity contribution in [1.29, 1.82) is 0 Å². The Morgan fingerprint density at radius 3 is 2.48 bits per heavy atom. The summed E-state index contributed by atoms with van der Waals surface area (Å²) in [5.41, 5.74) is 1.51. The van der Waals surface area contributed by atoms with Gasteiger partial charge in [-0.25, -0.2) is 4.39 Å². The number of carbonyl (C=O) groups is 2. The van der Waals surface area contributed by atoms with Gasteiger partial charge in [-0.2, -0.15) is 0 Å². The lowest BCUT2D eigenvalue weighted by molar-refractivity contribution is -0.142. The fraction of sp³-hybridized carbons (Fsp3) is 0.462. The molecule has 1 aliphatic carbocycles. The van der Waals surface area contributed by atoms with E-state index in [4.69, 9.17) is 4.74 Å². The minimum Gasteiger partial charge on any atom is -0.483 e. The first-order chi connectivity index (χ1) is 15.8. The molecule has 1 fully saturated rings. The number of ether oxygens (including phenoxy) is 1. The molecule has 33 heavy (non-hydrogen) atoms. The van der Waals surface area contributed by atoms with Crippen molar-refractivity contribution < 1.29 is 18.7 Å². The third kappa shape index (κ3) is 6.79. The van der Waals surface area contributed by atoms with E-state index >= 15 is 0 Å². The fourth-order valence-corrected chi connectivity index (χ4v) is 4.51. The highest BCUT2D eigenvalue weighted by atomic mass is 79.9. The van der Waals surface area contributed by atoms with E-state index in [0.717, 1.165) is 35.7 Å². The number of carbonyl (C=O) groups excluding carboxylic acids is 2. The predicted molar refractivity (Wildman–Crippen MR) is 131 cm³/mol. The van der Waals surface area contributed by atoms with Crippen LogP contribution in [-0.2, 0) is 16.1 Å². The molecule has 3 rings (SSSR count). The normalized spacial score (nSPS) is 14.8. The highest BCUT2D eigenvalue weighted by Gasteiger charge is 2.29. The first-order valence-electron chi connectivity index (χ1n) is 11.5. The van der Waals surface area contributed by atoms with E-state index in [0.29, 0.717) is 17.2 Å². The highest BCUT2D eigenvalue weighted by molar-refractivity contribution is 9.10. The van der Waals surface area contributed by atoms with Crippen LogP contribution in [0.3, 0.4) is 0 Å². The van der Waals surface area contributed by atoms with Gasteiger partial charge in [-0.3, -0.25) is 9.59 Å². The molecule has 0 aromatic heterocycles. The van der Waals surface area contributed by atoms with Gasteiger partial charge >= 0.3 is 0 Å².